The van der Waals surface area contributed by atoms with Crippen molar-refractivity contribution in [1.82, 2.24) is 19.7 Å². The van der Waals surface area contributed by atoms with Crippen molar-refractivity contribution in [2.24, 2.45) is 0 Å². The van der Waals surface area contributed by atoms with E-state index in [9.17, 15) is 14.4 Å². The van der Waals surface area contributed by atoms with Gasteiger partial charge in [-0.3, -0.25) is 24.6 Å². The first-order valence-corrected chi connectivity index (χ1v) is 11.1. The summed E-state index contributed by atoms with van der Waals surface area (Å²) in [6, 6.07) is 7.94. The van der Waals surface area contributed by atoms with Gasteiger partial charge < -0.3 is 9.47 Å². The first kappa shape index (κ1) is 21.2. The van der Waals surface area contributed by atoms with Crippen molar-refractivity contribution in [3.05, 3.63) is 41.6 Å². The summed E-state index contributed by atoms with van der Waals surface area (Å²) in [5.41, 5.74) is 1.64. The molecule has 0 bridgehead atoms. The van der Waals surface area contributed by atoms with Crippen LogP contribution in [0.2, 0.25) is 0 Å². The number of para-hydroxylation sites is 1. The molecule has 0 unspecified atom stereocenters. The lowest BCUT2D eigenvalue weighted by Crippen LogP contribution is -2.53. The molecule has 2 aromatic rings. The molecular weight excluding hydrogens is 412 g/mol. The van der Waals surface area contributed by atoms with Gasteiger partial charge in [-0.1, -0.05) is 18.2 Å². The third kappa shape index (κ3) is 3.99. The molecule has 0 spiro atoms. The second-order valence-electron chi connectivity index (χ2n) is 8.03. The van der Waals surface area contributed by atoms with Crippen LogP contribution < -0.4 is 5.32 Å². The molecule has 4 rings (SSSR count). The molecule has 0 saturated carbocycles. The van der Waals surface area contributed by atoms with Crippen LogP contribution >= 0.6 is 12.2 Å². The van der Waals surface area contributed by atoms with E-state index in [0.29, 0.717) is 6.54 Å². The Kier molecular flexibility index (Phi) is 5.91. The zero-order valence-corrected chi connectivity index (χ0v) is 18.6. The Morgan fingerprint density at radius 2 is 2.03 bits per heavy atom. The standard InChI is InChI=1S/C23H26N4O3S/c1-3-26-22(30)18(21(29)24-23(26)31)12-16-13-25(19-10-5-4-9-17(16)19)14-20(28)27-11-7-6-8-15(27)2/h4-5,9-10,12-13,15H,3,6-8,11,14H2,1-2H3,(H,24,29,31)/b18-12+/t15-/m1/s1. The van der Waals surface area contributed by atoms with Gasteiger partial charge in [-0.05, 0) is 57.5 Å². The summed E-state index contributed by atoms with van der Waals surface area (Å²) in [6.45, 7) is 5.28. The summed E-state index contributed by atoms with van der Waals surface area (Å²) in [4.78, 5) is 41.6. The number of piperidine rings is 1. The highest BCUT2D eigenvalue weighted by Gasteiger charge is 2.32. The second-order valence-corrected chi connectivity index (χ2v) is 8.41. The number of benzene rings is 1. The number of aromatic nitrogens is 1. The Hall–Kier alpha value is -3.00. The van der Waals surface area contributed by atoms with Crippen molar-refractivity contribution >= 4 is 52.0 Å². The fourth-order valence-corrected chi connectivity index (χ4v) is 4.67. The minimum absolute atomic E-state index is 0.0364. The molecule has 7 nitrogen and oxygen atoms in total. The number of amides is 3. The van der Waals surface area contributed by atoms with Crippen LogP contribution in [0, 0.1) is 0 Å². The SMILES string of the molecule is CCN1C(=O)/C(=C/c2cn(CC(=O)N3CCCC[C@H]3C)c3ccccc23)C(=O)NC1=S. The van der Waals surface area contributed by atoms with Crippen molar-refractivity contribution < 1.29 is 14.4 Å². The quantitative estimate of drug-likeness (QED) is 0.453. The largest absolute Gasteiger partial charge is 0.338 e. The summed E-state index contributed by atoms with van der Waals surface area (Å²) < 4.78 is 1.90. The monoisotopic (exact) mass is 438 g/mol. The number of hydrogen-bond acceptors (Lipinski definition) is 4. The van der Waals surface area contributed by atoms with Gasteiger partial charge in [0.05, 0.1) is 0 Å². The molecule has 2 aliphatic heterocycles. The molecule has 2 aliphatic rings. The van der Waals surface area contributed by atoms with Crippen molar-refractivity contribution in [3.8, 4) is 0 Å². The number of likely N-dealkylation sites (N-methyl/N-ethyl adjacent to an activating group) is 1. The number of carbonyl (C=O) groups excluding carboxylic acids is 3. The Balaban J connectivity index is 1.69. The third-order valence-corrected chi connectivity index (χ3v) is 6.37. The van der Waals surface area contributed by atoms with E-state index in [1.807, 2.05) is 39.9 Å². The predicted octanol–water partition coefficient (Wildman–Crippen LogP) is 2.69. The number of carbonyl (C=O) groups is 3. The van der Waals surface area contributed by atoms with Crippen molar-refractivity contribution in [1.29, 1.82) is 0 Å². The first-order chi connectivity index (χ1) is 14.9. The van der Waals surface area contributed by atoms with Crippen LogP contribution in [0.4, 0.5) is 0 Å². The maximum absolute atomic E-state index is 13.0. The smallest absolute Gasteiger partial charge is 0.265 e. The van der Waals surface area contributed by atoms with E-state index in [2.05, 4.69) is 12.2 Å². The van der Waals surface area contributed by atoms with E-state index in [1.165, 1.54) is 4.90 Å². The normalized spacial score (nSPS) is 21.2. The van der Waals surface area contributed by atoms with E-state index in [-0.39, 0.29) is 29.2 Å². The van der Waals surface area contributed by atoms with Crippen LogP contribution in [0.5, 0.6) is 0 Å². The van der Waals surface area contributed by atoms with E-state index < -0.39 is 11.8 Å². The summed E-state index contributed by atoms with van der Waals surface area (Å²) in [5, 5.41) is 3.58. The van der Waals surface area contributed by atoms with Crippen molar-refractivity contribution in [3.63, 3.8) is 0 Å². The van der Waals surface area contributed by atoms with Gasteiger partial charge in [0, 0.05) is 41.8 Å². The predicted molar refractivity (Wildman–Crippen MR) is 123 cm³/mol. The fraction of sp³-hybridized carbons (Fsp3) is 0.391. The number of nitrogens with zero attached hydrogens (tertiary/aromatic N) is 3. The Bertz CT molecular complexity index is 1100. The highest BCUT2D eigenvalue weighted by molar-refractivity contribution is 7.80. The molecule has 1 aromatic heterocycles. The third-order valence-electron chi connectivity index (χ3n) is 6.05. The average Bonchev–Trinajstić information content (AvgIpc) is 3.09. The lowest BCUT2D eigenvalue weighted by molar-refractivity contribution is -0.135. The molecule has 162 valence electrons. The lowest BCUT2D eigenvalue weighted by Gasteiger charge is -2.33. The highest BCUT2D eigenvalue weighted by atomic mass is 32.1. The molecule has 1 atom stereocenters. The Morgan fingerprint density at radius 3 is 2.77 bits per heavy atom. The van der Waals surface area contributed by atoms with Crippen LogP contribution in [0.25, 0.3) is 17.0 Å². The van der Waals surface area contributed by atoms with Crippen LogP contribution in [0.1, 0.15) is 38.7 Å². The number of likely N-dealkylation sites (tertiary alicyclic amines) is 1. The maximum Gasteiger partial charge on any atom is 0.265 e. The van der Waals surface area contributed by atoms with Crippen LogP contribution in [-0.4, -0.2) is 56.3 Å². The van der Waals surface area contributed by atoms with Crippen LogP contribution in [-0.2, 0) is 20.9 Å². The van der Waals surface area contributed by atoms with E-state index >= 15 is 0 Å². The molecule has 2 fully saturated rings. The van der Waals surface area contributed by atoms with Crippen LogP contribution in [0.15, 0.2) is 36.0 Å². The molecular formula is C23H26N4O3S. The number of rotatable bonds is 4. The molecule has 3 heterocycles. The summed E-state index contributed by atoms with van der Waals surface area (Å²) >= 11 is 5.10. The topological polar surface area (TPSA) is 74.7 Å². The van der Waals surface area contributed by atoms with Gasteiger partial charge in [-0.2, -0.15) is 0 Å². The molecule has 0 radical (unpaired) electrons. The average molecular weight is 439 g/mol. The zero-order chi connectivity index (χ0) is 22.1. The molecule has 1 aromatic carbocycles. The number of fused-ring (bicyclic) bond motifs is 1. The van der Waals surface area contributed by atoms with Crippen molar-refractivity contribution in [2.75, 3.05) is 13.1 Å². The summed E-state index contributed by atoms with van der Waals surface area (Å²) in [6.07, 6.45) is 6.65. The van der Waals surface area contributed by atoms with E-state index in [0.717, 1.165) is 42.3 Å². The van der Waals surface area contributed by atoms with Crippen molar-refractivity contribution in [2.45, 2.75) is 45.7 Å². The summed E-state index contributed by atoms with van der Waals surface area (Å²) in [5.74, 6) is -0.831. The lowest BCUT2D eigenvalue weighted by atomic mass is 10.0. The maximum atomic E-state index is 13.0. The van der Waals surface area contributed by atoms with Crippen LogP contribution in [0.3, 0.4) is 0 Å². The fourth-order valence-electron chi connectivity index (χ4n) is 4.36. The highest BCUT2D eigenvalue weighted by Crippen LogP contribution is 2.26. The summed E-state index contributed by atoms with van der Waals surface area (Å²) in [7, 11) is 0. The van der Waals surface area contributed by atoms with Gasteiger partial charge in [0.2, 0.25) is 5.91 Å². The minimum Gasteiger partial charge on any atom is -0.338 e. The van der Waals surface area contributed by atoms with Gasteiger partial charge in [0.1, 0.15) is 12.1 Å². The minimum atomic E-state index is -0.505. The van der Waals surface area contributed by atoms with Gasteiger partial charge in [0.25, 0.3) is 11.8 Å². The molecule has 2 saturated heterocycles. The second kappa shape index (κ2) is 8.63. The molecule has 3 amide bonds. The number of nitrogens with one attached hydrogen (secondary N) is 1. The Labute approximate surface area is 186 Å². The first-order valence-electron chi connectivity index (χ1n) is 10.7. The van der Waals surface area contributed by atoms with Gasteiger partial charge in [0.15, 0.2) is 5.11 Å². The molecule has 0 aliphatic carbocycles. The molecule has 31 heavy (non-hydrogen) atoms. The van der Waals surface area contributed by atoms with E-state index in [1.54, 1.807) is 13.0 Å². The Morgan fingerprint density at radius 1 is 1.26 bits per heavy atom. The van der Waals surface area contributed by atoms with Gasteiger partial charge in [-0.25, -0.2) is 0 Å². The van der Waals surface area contributed by atoms with Gasteiger partial charge >= 0.3 is 0 Å². The molecule has 1 N–H and O–H groups in total. The molecule has 8 heteroatoms. The number of hydrogen-bond donors (Lipinski definition) is 1. The van der Waals surface area contributed by atoms with E-state index in [4.69, 9.17) is 12.2 Å². The zero-order valence-electron chi connectivity index (χ0n) is 17.8. The van der Waals surface area contributed by atoms with Gasteiger partial charge in [-0.15, -0.1) is 0 Å². The number of thiocarbonyl (C=S) groups is 1.